The van der Waals surface area contributed by atoms with Gasteiger partial charge in [-0.05, 0) is 63.4 Å². The van der Waals surface area contributed by atoms with Crippen LogP contribution in [-0.2, 0) is 12.8 Å². The summed E-state index contributed by atoms with van der Waals surface area (Å²) < 4.78 is 13.0. The summed E-state index contributed by atoms with van der Waals surface area (Å²) in [6.07, 6.45) is 4.23. The normalized spacial score (nSPS) is 16.1. The summed E-state index contributed by atoms with van der Waals surface area (Å²) in [7, 11) is 0. The van der Waals surface area contributed by atoms with Crippen molar-refractivity contribution in [3.63, 3.8) is 0 Å². The van der Waals surface area contributed by atoms with E-state index in [2.05, 4.69) is 15.3 Å². The molecule has 3 rings (SSSR count). The number of benzene rings is 1. The van der Waals surface area contributed by atoms with Crippen LogP contribution in [0, 0.1) is 12.7 Å². The van der Waals surface area contributed by atoms with Crippen molar-refractivity contribution in [2.75, 3.05) is 13.1 Å². The molecule has 1 aromatic carbocycles. The first-order valence-electron chi connectivity index (χ1n) is 7.88. The van der Waals surface area contributed by atoms with E-state index in [0.29, 0.717) is 5.25 Å². The predicted octanol–water partition coefficient (Wildman–Crippen LogP) is 3.49. The van der Waals surface area contributed by atoms with Gasteiger partial charge in [-0.3, -0.25) is 0 Å². The maximum atomic E-state index is 13.0. The molecule has 2 N–H and O–H groups in total. The average molecular weight is 319 g/mol. The molecule has 2 aromatic rings. The molecule has 5 heteroatoms. The summed E-state index contributed by atoms with van der Waals surface area (Å²) in [5.74, 6) is 0.800. The maximum Gasteiger partial charge on any atom is 0.123 e. The minimum atomic E-state index is -0.178. The van der Waals surface area contributed by atoms with Gasteiger partial charge in [0.15, 0.2) is 0 Å². The third-order valence-electron chi connectivity index (χ3n) is 4.00. The second kappa shape index (κ2) is 7.29. The van der Waals surface area contributed by atoms with Crippen molar-refractivity contribution in [1.29, 1.82) is 0 Å². The Kier molecular flexibility index (Phi) is 5.16. The van der Waals surface area contributed by atoms with E-state index in [1.54, 1.807) is 0 Å². The van der Waals surface area contributed by atoms with Gasteiger partial charge in [0, 0.05) is 10.9 Å². The van der Waals surface area contributed by atoms with Crippen LogP contribution in [0.2, 0.25) is 0 Å². The number of aromatic amines is 1. The lowest BCUT2D eigenvalue weighted by molar-refractivity contribution is 0.531. The Morgan fingerprint density at radius 1 is 1.18 bits per heavy atom. The molecule has 0 unspecified atom stereocenters. The molecule has 2 heterocycles. The zero-order valence-electron chi connectivity index (χ0n) is 12.9. The van der Waals surface area contributed by atoms with Gasteiger partial charge < -0.3 is 10.3 Å². The lowest BCUT2D eigenvalue weighted by Gasteiger charge is -2.21. The summed E-state index contributed by atoms with van der Waals surface area (Å²) in [4.78, 5) is 8.05. The molecule has 0 spiro atoms. The standard InChI is InChI=1S/C17H22FN3S/c1-12-20-16(7-4-13-2-5-14(18)6-3-13)17(21-12)22-15-8-10-19-11-9-15/h2-3,5-6,15,19H,4,7-11H2,1H3,(H,20,21). The number of H-pyrrole nitrogens is 1. The lowest BCUT2D eigenvalue weighted by Crippen LogP contribution is -2.29. The van der Waals surface area contributed by atoms with Crippen LogP contribution in [0.3, 0.4) is 0 Å². The molecular formula is C17H22FN3S. The molecule has 1 saturated heterocycles. The molecule has 1 aliphatic heterocycles. The number of rotatable bonds is 5. The predicted molar refractivity (Wildman–Crippen MR) is 88.9 cm³/mol. The van der Waals surface area contributed by atoms with E-state index in [0.717, 1.165) is 42.3 Å². The number of hydrogen-bond acceptors (Lipinski definition) is 3. The van der Waals surface area contributed by atoms with Crippen LogP contribution in [0.25, 0.3) is 0 Å². The average Bonchev–Trinajstić information content (AvgIpc) is 2.87. The van der Waals surface area contributed by atoms with Crippen molar-refractivity contribution in [2.24, 2.45) is 0 Å². The number of hydrogen-bond donors (Lipinski definition) is 2. The van der Waals surface area contributed by atoms with Gasteiger partial charge in [-0.1, -0.05) is 12.1 Å². The van der Waals surface area contributed by atoms with Crippen LogP contribution in [0.1, 0.15) is 29.9 Å². The first kappa shape index (κ1) is 15.6. The highest BCUT2D eigenvalue weighted by Crippen LogP contribution is 2.30. The summed E-state index contributed by atoms with van der Waals surface area (Å²) in [5.41, 5.74) is 2.37. The molecule has 3 nitrogen and oxygen atoms in total. The van der Waals surface area contributed by atoms with Gasteiger partial charge in [-0.2, -0.15) is 0 Å². The fourth-order valence-corrected chi connectivity index (χ4v) is 4.05. The van der Waals surface area contributed by atoms with E-state index in [1.165, 1.54) is 30.7 Å². The quantitative estimate of drug-likeness (QED) is 0.886. The molecular weight excluding hydrogens is 297 g/mol. The Hall–Kier alpha value is -1.33. The first-order chi connectivity index (χ1) is 10.7. The molecule has 22 heavy (non-hydrogen) atoms. The molecule has 0 atom stereocenters. The molecule has 0 bridgehead atoms. The Labute approximate surface area is 135 Å². The van der Waals surface area contributed by atoms with Gasteiger partial charge in [0.05, 0.1) is 0 Å². The van der Waals surface area contributed by atoms with Crippen LogP contribution in [0.4, 0.5) is 4.39 Å². The number of aryl methyl sites for hydroxylation is 3. The minimum Gasteiger partial charge on any atom is -0.345 e. The molecule has 1 aromatic heterocycles. The molecule has 0 saturated carbocycles. The van der Waals surface area contributed by atoms with Gasteiger partial charge in [-0.25, -0.2) is 9.37 Å². The largest absolute Gasteiger partial charge is 0.345 e. The van der Waals surface area contributed by atoms with Crippen LogP contribution in [0.15, 0.2) is 29.3 Å². The molecule has 1 fully saturated rings. The van der Waals surface area contributed by atoms with Crippen molar-refractivity contribution < 1.29 is 4.39 Å². The summed E-state index contributed by atoms with van der Waals surface area (Å²) in [5, 5.41) is 5.20. The van der Waals surface area contributed by atoms with Crippen LogP contribution < -0.4 is 5.32 Å². The highest BCUT2D eigenvalue weighted by molar-refractivity contribution is 7.99. The van der Waals surface area contributed by atoms with Crippen molar-refractivity contribution >= 4 is 11.8 Å². The van der Waals surface area contributed by atoms with Crippen LogP contribution >= 0.6 is 11.8 Å². The zero-order chi connectivity index (χ0) is 15.4. The first-order valence-corrected chi connectivity index (χ1v) is 8.76. The molecule has 1 aliphatic rings. The Morgan fingerprint density at radius 2 is 1.91 bits per heavy atom. The van der Waals surface area contributed by atoms with Gasteiger partial charge in [-0.15, -0.1) is 11.8 Å². The Balaban J connectivity index is 1.64. The van der Waals surface area contributed by atoms with Crippen molar-refractivity contribution in [2.45, 2.75) is 42.9 Å². The third-order valence-corrected chi connectivity index (χ3v) is 5.37. The van der Waals surface area contributed by atoms with E-state index in [-0.39, 0.29) is 5.82 Å². The molecule has 0 aliphatic carbocycles. The summed E-state index contributed by atoms with van der Waals surface area (Å²) in [6, 6.07) is 6.77. The number of nitrogens with zero attached hydrogens (tertiary/aromatic N) is 1. The summed E-state index contributed by atoms with van der Waals surface area (Å²) >= 11 is 1.91. The lowest BCUT2D eigenvalue weighted by atomic mass is 10.1. The second-order valence-electron chi connectivity index (χ2n) is 5.80. The number of aromatic nitrogens is 2. The molecule has 0 radical (unpaired) electrons. The topological polar surface area (TPSA) is 40.7 Å². The zero-order valence-corrected chi connectivity index (χ0v) is 13.7. The van der Waals surface area contributed by atoms with E-state index in [4.69, 9.17) is 0 Å². The van der Waals surface area contributed by atoms with E-state index in [9.17, 15) is 4.39 Å². The van der Waals surface area contributed by atoms with Gasteiger partial charge in [0.2, 0.25) is 0 Å². The van der Waals surface area contributed by atoms with Gasteiger partial charge in [0.1, 0.15) is 16.7 Å². The Morgan fingerprint density at radius 3 is 2.64 bits per heavy atom. The summed E-state index contributed by atoms with van der Waals surface area (Å²) in [6.45, 7) is 4.21. The number of imidazole rings is 1. The van der Waals surface area contributed by atoms with E-state index < -0.39 is 0 Å². The van der Waals surface area contributed by atoms with Crippen molar-refractivity contribution in [3.05, 3.63) is 47.2 Å². The van der Waals surface area contributed by atoms with Gasteiger partial charge in [0.25, 0.3) is 0 Å². The highest BCUT2D eigenvalue weighted by atomic mass is 32.2. The smallest absolute Gasteiger partial charge is 0.123 e. The third kappa shape index (κ3) is 4.11. The number of thioether (sulfide) groups is 1. The fraction of sp³-hybridized carbons (Fsp3) is 0.471. The minimum absolute atomic E-state index is 0.178. The van der Waals surface area contributed by atoms with Crippen molar-refractivity contribution in [3.8, 4) is 0 Å². The van der Waals surface area contributed by atoms with Crippen LogP contribution in [-0.4, -0.2) is 28.3 Å². The molecule has 0 amide bonds. The Bertz CT molecular complexity index is 603. The fourth-order valence-electron chi connectivity index (χ4n) is 2.78. The number of halogens is 1. The van der Waals surface area contributed by atoms with Crippen molar-refractivity contribution in [1.82, 2.24) is 15.3 Å². The maximum absolute atomic E-state index is 13.0. The van der Waals surface area contributed by atoms with E-state index >= 15 is 0 Å². The second-order valence-corrected chi connectivity index (χ2v) is 7.09. The van der Waals surface area contributed by atoms with Crippen LogP contribution in [0.5, 0.6) is 0 Å². The number of nitrogens with one attached hydrogen (secondary N) is 2. The highest BCUT2D eigenvalue weighted by Gasteiger charge is 2.18. The monoisotopic (exact) mass is 319 g/mol. The molecule has 118 valence electrons. The van der Waals surface area contributed by atoms with Gasteiger partial charge >= 0.3 is 0 Å². The number of piperidine rings is 1. The van der Waals surface area contributed by atoms with E-state index in [1.807, 2.05) is 30.8 Å². The SMILES string of the molecule is Cc1nc(SC2CCNCC2)c(CCc2ccc(F)cc2)[nH]1.